The maximum Gasteiger partial charge on any atom is 0.472 e. The number of esters is 2. The molecule has 0 aromatic carbocycles. The lowest BCUT2D eigenvalue weighted by Crippen LogP contribution is -2.37. The number of allylic oxidation sites excluding steroid dienone is 10. The van der Waals surface area contributed by atoms with Gasteiger partial charge in [-0.3, -0.25) is 18.6 Å². The number of hydrogen-bond acceptors (Lipinski definition) is 7. The van der Waals surface area contributed by atoms with E-state index in [0.717, 1.165) is 51.4 Å². The van der Waals surface area contributed by atoms with Crippen LogP contribution in [0.3, 0.4) is 0 Å². The standard InChI is InChI=1S/C70H130NO8P/c1-6-8-10-12-14-16-18-20-22-24-26-27-28-29-30-31-32-33-34-35-36-37-38-39-40-41-42-43-45-47-49-51-53-55-57-59-61-63-70(73)79-68(67-78-80(74,75)77-65-64-71(3,4)5)66-76-69(72)62-60-58-56-54-52-50-48-46-44-25-23-21-19-17-15-13-11-9-7-2/h15,17-18,20-21,23-24,26,28-29,68H,6-14,16,19,22,25,27,30-67H2,1-5H3/p+1/b17-15-,20-18-,23-21-,26-24-,29-28-. The molecule has 0 radical (unpaired) electrons. The zero-order valence-electron chi connectivity index (χ0n) is 53.3. The van der Waals surface area contributed by atoms with Crippen LogP contribution in [0.1, 0.15) is 322 Å². The Balaban J connectivity index is 3.96. The lowest BCUT2D eigenvalue weighted by Gasteiger charge is -2.24. The second-order valence-corrected chi connectivity index (χ2v) is 25.7. The van der Waals surface area contributed by atoms with E-state index in [4.69, 9.17) is 18.5 Å². The number of unbranched alkanes of at least 4 members (excludes halogenated alkanes) is 39. The summed E-state index contributed by atoms with van der Waals surface area (Å²) < 4.78 is 34.7. The highest BCUT2D eigenvalue weighted by Crippen LogP contribution is 2.43. The maximum atomic E-state index is 12.9. The van der Waals surface area contributed by atoms with E-state index >= 15 is 0 Å². The van der Waals surface area contributed by atoms with Crippen LogP contribution in [-0.2, 0) is 32.7 Å². The number of hydrogen-bond donors (Lipinski definition) is 1. The summed E-state index contributed by atoms with van der Waals surface area (Å²) in [6.45, 7) is 4.43. The molecule has 0 aliphatic carbocycles. The number of nitrogens with zero attached hydrogens (tertiary/aromatic N) is 1. The topological polar surface area (TPSA) is 108 Å². The average Bonchev–Trinajstić information content (AvgIpc) is 3.42. The van der Waals surface area contributed by atoms with E-state index in [-0.39, 0.29) is 32.0 Å². The Bertz CT molecular complexity index is 1530. The summed E-state index contributed by atoms with van der Waals surface area (Å²) in [6.07, 6.45) is 80.4. The second kappa shape index (κ2) is 61.3. The molecule has 0 saturated carbocycles. The van der Waals surface area contributed by atoms with Gasteiger partial charge in [-0.2, -0.15) is 0 Å². The van der Waals surface area contributed by atoms with Crippen LogP contribution in [0.25, 0.3) is 0 Å². The van der Waals surface area contributed by atoms with Crippen LogP contribution in [0.5, 0.6) is 0 Å². The molecule has 468 valence electrons. The number of ether oxygens (including phenoxy) is 2. The van der Waals surface area contributed by atoms with Gasteiger partial charge in [0.15, 0.2) is 6.10 Å². The van der Waals surface area contributed by atoms with Gasteiger partial charge < -0.3 is 18.9 Å². The molecule has 1 N–H and O–H groups in total. The summed E-state index contributed by atoms with van der Waals surface area (Å²) in [7, 11) is 1.48. The normalized spacial score (nSPS) is 13.5. The first kappa shape index (κ1) is 77.7. The van der Waals surface area contributed by atoms with Gasteiger partial charge in [-0.25, -0.2) is 4.57 Å². The highest BCUT2D eigenvalue weighted by atomic mass is 31.2. The maximum absolute atomic E-state index is 12.9. The Morgan fingerprint density at radius 2 is 0.675 bits per heavy atom. The number of phosphoric ester groups is 1. The Labute approximate surface area is 496 Å². The van der Waals surface area contributed by atoms with Crippen LogP contribution in [0.15, 0.2) is 60.8 Å². The zero-order chi connectivity index (χ0) is 58.4. The Morgan fingerprint density at radius 3 is 1.02 bits per heavy atom. The largest absolute Gasteiger partial charge is 0.472 e. The number of carbonyl (C=O) groups excluding carboxylic acids is 2. The number of phosphoric acid groups is 1. The monoisotopic (exact) mass is 1140 g/mol. The van der Waals surface area contributed by atoms with E-state index in [9.17, 15) is 19.0 Å². The third-order valence-corrected chi connectivity index (χ3v) is 16.0. The van der Waals surface area contributed by atoms with Crippen LogP contribution in [0.2, 0.25) is 0 Å². The van der Waals surface area contributed by atoms with Crippen molar-refractivity contribution in [3.8, 4) is 0 Å². The molecule has 0 aromatic rings. The van der Waals surface area contributed by atoms with Gasteiger partial charge in [-0.15, -0.1) is 0 Å². The molecule has 0 aromatic heterocycles. The van der Waals surface area contributed by atoms with E-state index < -0.39 is 26.5 Å². The van der Waals surface area contributed by atoms with Crippen molar-refractivity contribution >= 4 is 19.8 Å². The van der Waals surface area contributed by atoms with Crippen molar-refractivity contribution in [2.24, 2.45) is 0 Å². The second-order valence-electron chi connectivity index (χ2n) is 24.2. The third-order valence-electron chi connectivity index (χ3n) is 15.0. The fourth-order valence-corrected chi connectivity index (χ4v) is 10.5. The molecule has 9 nitrogen and oxygen atoms in total. The van der Waals surface area contributed by atoms with Crippen molar-refractivity contribution in [3.05, 3.63) is 60.8 Å². The fourth-order valence-electron chi connectivity index (χ4n) is 9.76. The average molecular weight is 1150 g/mol. The Kier molecular flexibility index (Phi) is 59.5. The number of quaternary nitrogens is 1. The molecule has 0 aliphatic rings. The third kappa shape index (κ3) is 64.9. The molecule has 2 atom stereocenters. The van der Waals surface area contributed by atoms with Crippen LogP contribution < -0.4 is 0 Å². The SMILES string of the molecule is CCCCC/C=C\C/C=C\CCCCCCCCCCCC(=O)OCC(COP(=O)(O)OCC[N+](C)(C)C)OC(=O)CCCCCCCCCCCCCCCCCCCCCCCC/C=C\C/C=C\C/C=C\CCCCCCC. The summed E-state index contributed by atoms with van der Waals surface area (Å²) >= 11 is 0. The smallest absolute Gasteiger partial charge is 0.462 e. The first-order valence-corrected chi connectivity index (χ1v) is 35.5. The predicted octanol–water partition coefficient (Wildman–Crippen LogP) is 21.8. The summed E-state index contributed by atoms with van der Waals surface area (Å²) in [5, 5.41) is 0. The van der Waals surface area contributed by atoms with Gasteiger partial charge in [0.25, 0.3) is 0 Å². The van der Waals surface area contributed by atoms with Crippen LogP contribution >= 0.6 is 7.82 Å². The van der Waals surface area contributed by atoms with Gasteiger partial charge in [0.05, 0.1) is 27.7 Å². The summed E-state index contributed by atoms with van der Waals surface area (Å²) in [5.41, 5.74) is 0. The molecule has 80 heavy (non-hydrogen) atoms. The van der Waals surface area contributed by atoms with E-state index in [1.54, 1.807) is 0 Å². The van der Waals surface area contributed by atoms with Crippen LogP contribution in [-0.4, -0.2) is 74.9 Å². The van der Waals surface area contributed by atoms with Crippen molar-refractivity contribution in [2.75, 3.05) is 47.5 Å². The molecule has 0 heterocycles. The molecule has 0 aliphatic heterocycles. The summed E-state index contributed by atoms with van der Waals surface area (Å²) in [5.74, 6) is -0.789. The van der Waals surface area contributed by atoms with Gasteiger partial charge in [0, 0.05) is 12.8 Å². The molecule has 0 fully saturated rings. The van der Waals surface area contributed by atoms with Gasteiger partial charge in [-0.1, -0.05) is 286 Å². The van der Waals surface area contributed by atoms with Gasteiger partial charge in [0.1, 0.15) is 19.8 Å². The molecular weight excluding hydrogens is 1010 g/mol. The lowest BCUT2D eigenvalue weighted by molar-refractivity contribution is -0.870. The fraction of sp³-hybridized carbons (Fsp3) is 0.829. The zero-order valence-corrected chi connectivity index (χ0v) is 54.2. The molecule has 0 amide bonds. The highest BCUT2D eigenvalue weighted by molar-refractivity contribution is 7.47. The van der Waals surface area contributed by atoms with Crippen molar-refractivity contribution < 1.29 is 42.1 Å². The number of carbonyl (C=O) groups is 2. The molecule has 2 unspecified atom stereocenters. The number of likely N-dealkylation sites (N-methyl/N-ethyl adjacent to an activating group) is 1. The van der Waals surface area contributed by atoms with Crippen molar-refractivity contribution in [1.82, 2.24) is 0 Å². The first-order valence-electron chi connectivity index (χ1n) is 34.0. The first-order chi connectivity index (χ1) is 39.0. The number of rotatable bonds is 63. The lowest BCUT2D eigenvalue weighted by atomic mass is 10.0. The van der Waals surface area contributed by atoms with Crippen LogP contribution in [0, 0.1) is 0 Å². The van der Waals surface area contributed by atoms with E-state index in [1.165, 1.54) is 238 Å². The van der Waals surface area contributed by atoms with Crippen molar-refractivity contribution in [1.29, 1.82) is 0 Å². The predicted molar refractivity (Wildman–Crippen MR) is 344 cm³/mol. The van der Waals surface area contributed by atoms with E-state index in [0.29, 0.717) is 17.4 Å². The van der Waals surface area contributed by atoms with Crippen molar-refractivity contribution in [3.63, 3.8) is 0 Å². The molecule has 0 spiro atoms. The highest BCUT2D eigenvalue weighted by Gasteiger charge is 2.27. The molecule has 0 saturated heterocycles. The van der Waals surface area contributed by atoms with E-state index in [2.05, 4.69) is 74.6 Å². The minimum Gasteiger partial charge on any atom is -0.462 e. The van der Waals surface area contributed by atoms with Gasteiger partial charge >= 0.3 is 19.8 Å². The van der Waals surface area contributed by atoms with Crippen molar-refractivity contribution in [2.45, 2.75) is 328 Å². The Morgan fingerprint density at radius 1 is 0.388 bits per heavy atom. The Hall–Kier alpha value is -2.29. The van der Waals surface area contributed by atoms with Gasteiger partial charge in [-0.05, 0) is 83.5 Å². The summed E-state index contributed by atoms with van der Waals surface area (Å²) in [4.78, 5) is 35.8. The van der Waals surface area contributed by atoms with Crippen LogP contribution in [0.4, 0.5) is 0 Å². The summed E-state index contributed by atoms with van der Waals surface area (Å²) in [6, 6.07) is 0. The molecular formula is C70H131NO8P+. The van der Waals surface area contributed by atoms with E-state index in [1.807, 2.05) is 21.1 Å². The molecule has 0 bridgehead atoms. The quantitative estimate of drug-likeness (QED) is 0.0211. The minimum absolute atomic E-state index is 0.0315. The molecule has 0 rings (SSSR count). The van der Waals surface area contributed by atoms with Gasteiger partial charge in [0.2, 0.25) is 0 Å². The minimum atomic E-state index is -4.39. The molecule has 10 heteroatoms.